The summed E-state index contributed by atoms with van der Waals surface area (Å²) in [7, 11) is -8.12. The highest BCUT2D eigenvalue weighted by molar-refractivity contribution is 7.86. The van der Waals surface area contributed by atoms with Crippen molar-refractivity contribution in [3.63, 3.8) is 0 Å². The lowest BCUT2D eigenvalue weighted by atomic mass is 9.92. The predicted octanol–water partition coefficient (Wildman–Crippen LogP) is 3.77. The van der Waals surface area contributed by atoms with Gasteiger partial charge >= 0.3 is 0 Å². The molecule has 2 saturated heterocycles. The van der Waals surface area contributed by atoms with Gasteiger partial charge in [-0.05, 0) is 69.4 Å². The van der Waals surface area contributed by atoms with Gasteiger partial charge in [0.25, 0.3) is 20.2 Å². The molecule has 0 bridgehead atoms. The molecule has 2 saturated carbocycles. The van der Waals surface area contributed by atoms with Crippen molar-refractivity contribution < 1.29 is 35.4 Å². The van der Waals surface area contributed by atoms with Gasteiger partial charge < -0.3 is 14.4 Å². The van der Waals surface area contributed by atoms with E-state index >= 15 is 0 Å². The Morgan fingerprint density at radius 1 is 0.923 bits per heavy atom. The first-order valence-electron chi connectivity index (χ1n) is 13.8. The second kappa shape index (κ2) is 13.1. The molecule has 4 aliphatic rings. The van der Waals surface area contributed by atoms with Gasteiger partial charge in [0.05, 0.1) is 23.7 Å². The van der Waals surface area contributed by atoms with Crippen molar-refractivity contribution in [1.82, 2.24) is 9.80 Å². The van der Waals surface area contributed by atoms with Crippen molar-refractivity contribution in [2.45, 2.75) is 106 Å². The lowest BCUT2D eigenvalue weighted by Gasteiger charge is -2.32. The highest BCUT2D eigenvalue weighted by Gasteiger charge is 2.45. The molecular formula is C25H40Cl2N2O8S2. The minimum atomic E-state index is -4.06. The van der Waals surface area contributed by atoms with Gasteiger partial charge in [-0.2, -0.15) is 16.8 Å². The van der Waals surface area contributed by atoms with E-state index in [0.717, 1.165) is 44.1 Å². The fourth-order valence-electron chi connectivity index (χ4n) is 6.22. The Morgan fingerprint density at radius 2 is 1.51 bits per heavy atom. The SMILES string of the molecule is CCC(=CC1OC2CCC(Cl)CC2N1CCCS(=O)(=O)O)C=C1OC2CCC(Cl)CC2N1CCCS(=O)(=O)O. The molecule has 0 aromatic rings. The summed E-state index contributed by atoms with van der Waals surface area (Å²) in [4.78, 5) is 4.22. The quantitative estimate of drug-likeness (QED) is 0.257. The summed E-state index contributed by atoms with van der Waals surface area (Å²) in [5.74, 6) is 0.0184. The summed E-state index contributed by atoms with van der Waals surface area (Å²) in [5.41, 5.74) is 0.969. The Bertz CT molecular complexity index is 1130. The van der Waals surface area contributed by atoms with Gasteiger partial charge in [-0.3, -0.25) is 14.0 Å². The maximum absolute atomic E-state index is 11.3. The molecular weight excluding hydrogens is 591 g/mol. The van der Waals surface area contributed by atoms with Crippen LogP contribution in [0.15, 0.2) is 23.6 Å². The molecule has 10 nitrogen and oxygen atoms in total. The van der Waals surface area contributed by atoms with Gasteiger partial charge in [-0.1, -0.05) is 6.92 Å². The molecule has 2 aliphatic carbocycles. The zero-order valence-electron chi connectivity index (χ0n) is 22.2. The van der Waals surface area contributed by atoms with Crippen LogP contribution in [0.25, 0.3) is 0 Å². The lowest BCUT2D eigenvalue weighted by molar-refractivity contribution is 0.0288. The standard InChI is InChI=1S/C25H40Cl2N2O8S2/c1-2-17(13-24-28(9-3-11-38(30,31)32)20-15-18(26)5-7-22(20)36-24)14-25-29(10-4-12-39(33,34)35)21-16-19(27)6-8-23(21)37-25/h13-14,18-24H,2-12,15-16H2,1H3,(H,30,31,32)(H,33,34,35). The van der Waals surface area contributed by atoms with Crippen molar-refractivity contribution in [2.75, 3.05) is 24.6 Å². The number of ether oxygens (including phenoxy) is 2. The van der Waals surface area contributed by atoms with E-state index in [2.05, 4.69) is 9.80 Å². The molecule has 224 valence electrons. The summed E-state index contributed by atoms with van der Waals surface area (Å²) < 4.78 is 76.5. The highest BCUT2D eigenvalue weighted by atomic mass is 35.5. The molecule has 7 unspecified atom stereocenters. The monoisotopic (exact) mass is 630 g/mol. The van der Waals surface area contributed by atoms with Crippen LogP contribution in [0.2, 0.25) is 0 Å². The molecule has 2 aliphatic heterocycles. The van der Waals surface area contributed by atoms with Gasteiger partial charge in [-0.15, -0.1) is 23.2 Å². The molecule has 4 fully saturated rings. The Kier molecular flexibility index (Phi) is 10.6. The van der Waals surface area contributed by atoms with E-state index in [1.165, 1.54) is 0 Å². The van der Waals surface area contributed by atoms with Crippen LogP contribution in [0.5, 0.6) is 0 Å². The van der Waals surface area contributed by atoms with Crippen molar-refractivity contribution in [3.8, 4) is 0 Å². The van der Waals surface area contributed by atoms with E-state index < -0.39 is 20.2 Å². The summed E-state index contributed by atoms with van der Waals surface area (Å²) in [6.07, 6.45) is 9.66. The Morgan fingerprint density at radius 3 is 2.13 bits per heavy atom. The normalized spacial score (nSPS) is 35.2. The third kappa shape index (κ3) is 8.70. The third-order valence-corrected chi connectivity index (χ3v) is 10.5. The van der Waals surface area contributed by atoms with Crippen LogP contribution in [0.1, 0.15) is 64.7 Å². The van der Waals surface area contributed by atoms with E-state index in [4.69, 9.17) is 32.7 Å². The van der Waals surface area contributed by atoms with Crippen molar-refractivity contribution >= 4 is 43.4 Å². The first-order valence-corrected chi connectivity index (χ1v) is 17.9. The zero-order valence-corrected chi connectivity index (χ0v) is 25.3. The molecule has 4 rings (SSSR count). The van der Waals surface area contributed by atoms with Gasteiger partial charge in [-0.25, -0.2) is 0 Å². The first-order chi connectivity index (χ1) is 18.3. The molecule has 0 spiro atoms. The zero-order chi connectivity index (χ0) is 28.4. The number of fused-ring (bicyclic) bond motifs is 2. The van der Waals surface area contributed by atoms with Gasteiger partial charge in [0.1, 0.15) is 12.3 Å². The Hall–Kier alpha value is -0.600. The Labute approximate surface area is 242 Å². The maximum Gasteiger partial charge on any atom is 0.264 e. The van der Waals surface area contributed by atoms with Gasteiger partial charge in [0.2, 0.25) is 0 Å². The molecule has 0 aromatic carbocycles. The van der Waals surface area contributed by atoms with Crippen LogP contribution in [0.4, 0.5) is 0 Å². The van der Waals surface area contributed by atoms with Gasteiger partial charge in [0.15, 0.2) is 5.88 Å². The van der Waals surface area contributed by atoms with Crippen LogP contribution in [0.3, 0.4) is 0 Å². The first kappa shape index (κ1) is 31.3. The van der Waals surface area contributed by atoms with Crippen molar-refractivity contribution in [1.29, 1.82) is 0 Å². The number of allylic oxidation sites excluding steroid dienone is 2. The van der Waals surface area contributed by atoms with E-state index in [1.54, 1.807) is 0 Å². The molecule has 0 radical (unpaired) electrons. The predicted molar refractivity (Wildman–Crippen MR) is 150 cm³/mol. The molecule has 2 N–H and O–H groups in total. The smallest absolute Gasteiger partial charge is 0.264 e. The summed E-state index contributed by atoms with van der Waals surface area (Å²) in [5, 5.41) is 0.0588. The Balaban J connectivity index is 1.55. The fourth-order valence-corrected chi connectivity index (χ4v) is 7.83. The average molecular weight is 632 g/mol. The molecule has 0 amide bonds. The highest BCUT2D eigenvalue weighted by Crippen LogP contribution is 2.40. The minimum absolute atomic E-state index is 0.000857. The maximum atomic E-state index is 11.3. The molecule has 39 heavy (non-hydrogen) atoms. The van der Waals surface area contributed by atoms with Crippen molar-refractivity contribution in [2.24, 2.45) is 0 Å². The molecule has 14 heteroatoms. The molecule has 0 aromatic heterocycles. The number of hydrogen-bond donors (Lipinski definition) is 2. The van der Waals surface area contributed by atoms with Crippen LogP contribution in [-0.4, -0.2) is 102 Å². The van der Waals surface area contributed by atoms with Crippen LogP contribution >= 0.6 is 23.2 Å². The molecule has 7 atom stereocenters. The van der Waals surface area contributed by atoms with E-state index in [9.17, 15) is 25.9 Å². The fraction of sp³-hybridized carbons (Fsp3) is 0.840. The van der Waals surface area contributed by atoms with E-state index in [1.807, 2.05) is 19.1 Å². The lowest BCUT2D eigenvalue weighted by Crippen LogP contribution is -2.43. The number of halogens is 2. The minimum Gasteiger partial charge on any atom is -0.474 e. The van der Waals surface area contributed by atoms with Crippen LogP contribution < -0.4 is 0 Å². The number of rotatable bonds is 11. The second-order valence-electron chi connectivity index (χ2n) is 11.0. The second-order valence-corrected chi connectivity index (χ2v) is 15.3. The number of alkyl halides is 2. The van der Waals surface area contributed by atoms with E-state index in [0.29, 0.717) is 25.4 Å². The summed E-state index contributed by atoms with van der Waals surface area (Å²) in [6.45, 7) is 2.89. The topological polar surface area (TPSA) is 134 Å². The van der Waals surface area contributed by atoms with E-state index in [-0.39, 0.29) is 65.6 Å². The van der Waals surface area contributed by atoms with Gasteiger partial charge in [0, 0.05) is 36.0 Å². The third-order valence-electron chi connectivity index (χ3n) is 8.10. The van der Waals surface area contributed by atoms with Crippen LogP contribution in [0, 0.1) is 0 Å². The largest absolute Gasteiger partial charge is 0.474 e. The van der Waals surface area contributed by atoms with Crippen LogP contribution in [-0.2, 0) is 29.7 Å². The summed E-state index contributed by atoms with van der Waals surface area (Å²) >= 11 is 12.9. The number of nitrogens with zero attached hydrogens (tertiary/aromatic N) is 2. The average Bonchev–Trinajstić information content (AvgIpc) is 3.34. The number of hydrogen-bond acceptors (Lipinski definition) is 8. The molecule has 2 heterocycles. The van der Waals surface area contributed by atoms with Crippen molar-refractivity contribution in [3.05, 3.63) is 23.6 Å². The summed E-state index contributed by atoms with van der Waals surface area (Å²) in [6, 6.07) is 0.105.